The van der Waals surface area contributed by atoms with Gasteiger partial charge in [-0.25, -0.2) is 0 Å². The molecule has 6 nitrogen and oxygen atoms in total. The van der Waals surface area contributed by atoms with Gasteiger partial charge < -0.3 is 18.8 Å². The molecule has 4 heterocycles. The van der Waals surface area contributed by atoms with Crippen molar-refractivity contribution in [2.75, 3.05) is 6.61 Å². The van der Waals surface area contributed by atoms with Gasteiger partial charge >= 0.3 is 7.12 Å². The normalized spacial score (nSPS) is 31.1. The van der Waals surface area contributed by atoms with Crippen LogP contribution in [0.25, 0.3) is 0 Å². The van der Waals surface area contributed by atoms with E-state index in [9.17, 15) is 0 Å². The Labute approximate surface area is 150 Å². The Morgan fingerprint density at radius 2 is 1.92 bits per heavy atom. The summed E-state index contributed by atoms with van der Waals surface area (Å²) in [7, 11) is -0.363. The highest BCUT2D eigenvalue weighted by Crippen LogP contribution is 2.37. The molecule has 0 saturated carbocycles. The summed E-state index contributed by atoms with van der Waals surface area (Å²) in [4.78, 5) is 0. The van der Waals surface area contributed by atoms with Gasteiger partial charge in [-0.15, -0.1) is 0 Å². The van der Waals surface area contributed by atoms with Crippen molar-refractivity contribution in [2.45, 2.75) is 89.9 Å². The highest BCUT2D eigenvalue weighted by molar-refractivity contribution is 6.62. The molecule has 3 aliphatic rings. The maximum absolute atomic E-state index is 6.22. The molecule has 2 unspecified atom stereocenters. The fourth-order valence-corrected chi connectivity index (χ4v) is 3.74. The average molecular weight is 348 g/mol. The number of fused-ring (bicyclic) bond motifs is 1. The monoisotopic (exact) mass is 348 g/mol. The molecule has 1 aromatic rings. The van der Waals surface area contributed by atoms with Gasteiger partial charge in [0.15, 0.2) is 6.29 Å². The maximum atomic E-state index is 6.22. The highest BCUT2D eigenvalue weighted by atomic mass is 16.7. The van der Waals surface area contributed by atoms with E-state index in [1.54, 1.807) is 0 Å². The van der Waals surface area contributed by atoms with Gasteiger partial charge in [-0.3, -0.25) is 4.68 Å². The van der Waals surface area contributed by atoms with Crippen LogP contribution in [0.3, 0.4) is 0 Å². The van der Waals surface area contributed by atoms with Crippen LogP contribution in [0, 0.1) is 0 Å². The highest BCUT2D eigenvalue weighted by Gasteiger charge is 2.53. The molecule has 0 bridgehead atoms. The van der Waals surface area contributed by atoms with Crippen molar-refractivity contribution in [1.29, 1.82) is 0 Å². The van der Waals surface area contributed by atoms with Crippen molar-refractivity contribution in [3.63, 3.8) is 0 Å². The summed E-state index contributed by atoms with van der Waals surface area (Å²) in [6, 6.07) is 0. The van der Waals surface area contributed by atoms with Gasteiger partial charge in [0.05, 0.1) is 17.3 Å². The van der Waals surface area contributed by atoms with E-state index in [1.165, 1.54) is 12.1 Å². The molecule has 2 atom stereocenters. The molecule has 138 valence electrons. The molecule has 0 aliphatic carbocycles. The molecule has 1 aromatic heterocycles. The van der Waals surface area contributed by atoms with Gasteiger partial charge in [0.25, 0.3) is 0 Å². The summed E-state index contributed by atoms with van der Waals surface area (Å²) in [5.74, 6) is 0. The Bertz CT molecular complexity index is 609. The van der Waals surface area contributed by atoms with Gasteiger partial charge in [0.2, 0.25) is 0 Å². The van der Waals surface area contributed by atoms with Gasteiger partial charge in [-0.2, -0.15) is 5.10 Å². The number of hydrogen-bond acceptors (Lipinski definition) is 5. The molecule has 0 radical (unpaired) electrons. The molecule has 0 amide bonds. The number of nitrogens with zero attached hydrogens (tertiary/aromatic N) is 2. The minimum atomic E-state index is -0.363. The average Bonchev–Trinajstić information content (AvgIpc) is 3.06. The number of hydrogen-bond donors (Lipinski definition) is 0. The van der Waals surface area contributed by atoms with Crippen LogP contribution < -0.4 is 5.46 Å². The predicted molar refractivity (Wildman–Crippen MR) is 94.7 cm³/mol. The summed E-state index contributed by atoms with van der Waals surface area (Å²) in [6.45, 7) is 10.00. The number of rotatable bonds is 3. The van der Waals surface area contributed by atoms with E-state index in [2.05, 4.69) is 37.5 Å². The lowest BCUT2D eigenvalue weighted by Gasteiger charge is -2.32. The summed E-state index contributed by atoms with van der Waals surface area (Å²) in [6.07, 6.45) is 7.16. The molecule has 0 N–H and O–H groups in total. The van der Waals surface area contributed by atoms with Gasteiger partial charge in [0, 0.05) is 36.9 Å². The van der Waals surface area contributed by atoms with Crippen LogP contribution in [0.5, 0.6) is 0 Å². The third-order valence-corrected chi connectivity index (χ3v) is 6.05. The first-order chi connectivity index (χ1) is 11.9. The lowest BCUT2D eigenvalue weighted by Crippen LogP contribution is -2.41. The Kier molecular flexibility index (Phi) is 4.47. The van der Waals surface area contributed by atoms with Gasteiger partial charge in [-0.05, 0) is 53.4 Å². The lowest BCUT2D eigenvalue weighted by molar-refractivity contribution is -0.191. The fraction of sp³-hybridized carbons (Fsp3) is 0.833. The first-order valence-corrected chi connectivity index (χ1v) is 9.53. The Balaban J connectivity index is 1.48. The predicted octanol–water partition coefficient (Wildman–Crippen LogP) is 2.04. The molecule has 0 aromatic carbocycles. The van der Waals surface area contributed by atoms with Crippen molar-refractivity contribution in [2.24, 2.45) is 0 Å². The minimum absolute atomic E-state index is 0.0477. The molecule has 2 saturated heterocycles. The van der Waals surface area contributed by atoms with E-state index in [0.717, 1.165) is 44.3 Å². The van der Waals surface area contributed by atoms with E-state index < -0.39 is 0 Å². The summed E-state index contributed by atoms with van der Waals surface area (Å²) < 4.78 is 26.5. The van der Waals surface area contributed by atoms with E-state index >= 15 is 0 Å². The standard InChI is InChI=1S/C18H29BN2O4/c1-17(2)18(3,4)25-19(24-17)14-12-20-21-9-8-13(11-15(14)21)23-16-7-5-6-10-22-16/h12-13,16H,5-11H2,1-4H3. The van der Waals surface area contributed by atoms with Gasteiger partial charge in [-0.1, -0.05) is 0 Å². The van der Waals surface area contributed by atoms with E-state index in [4.69, 9.17) is 18.8 Å². The topological polar surface area (TPSA) is 54.7 Å². The van der Waals surface area contributed by atoms with Crippen molar-refractivity contribution in [1.82, 2.24) is 9.78 Å². The first kappa shape index (κ1) is 17.5. The second-order valence-corrected chi connectivity index (χ2v) is 8.41. The molecular formula is C18H29BN2O4. The van der Waals surface area contributed by atoms with Gasteiger partial charge in [0.1, 0.15) is 0 Å². The molecule has 4 rings (SSSR count). The van der Waals surface area contributed by atoms with E-state index in [0.29, 0.717) is 0 Å². The largest absolute Gasteiger partial charge is 0.498 e. The van der Waals surface area contributed by atoms with Crippen LogP contribution in [0.15, 0.2) is 6.20 Å². The molecule has 3 aliphatic heterocycles. The zero-order valence-electron chi connectivity index (χ0n) is 15.8. The third kappa shape index (κ3) is 3.27. The van der Waals surface area contributed by atoms with Crippen LogP contribution in [-0.4, -0.2) is 47.1 Å². The second kappa shape index (κ2) is 6.37. The van der Waals surface area contributed by atoms with Crippen LogP contribution >= 0.6 is 0 Å². The van der Waals surface area contributed by atoms with E-state index in [-0.39, 0.29) is 30.7 Å². The zero-order chi connectivity index (χ0) is 17.7. The SMILES string of the molecule is CC1(C)OB(c2cnn3c2CC(OC2CCCCO2)CC3)OC1(C)C. The number of ether oxygens (including phenoxy) is 2. The summed E-state index contributed by atoms with van der Waals surface area (Å²) >= 11 is 0. The van der Waals surface area contributed by atoms with Crippen molar-refractivity contribution in [3.8, 4) is 0 Å². The van der Waals surface area contributed by atoms with Crippen LogP contribution in [0.4, 0.5) is 0 Å². The third-order valence-electron chi connectivity index (χ3n) is 6.05. The molecule has 25 heavy (non-hydrogen) atoms. The fourth-order valence-electron chi connectivity index (χ4n) is 3.74. The second-order valence-electron chi connectivity index (χ2n) is 8.41. The molecule has 0 spiro atoms. The zero-order valence-corrected chi connectivity index (χ0v) is 15.8. The van der Waals surface area contributed by atoms with Crippen molar-refractivity contribution < 1.29 is 18.8 Å². The van der Waals surface area contributed by atoms with Crippen LogP contribution in [0.1, 0.15) is 59.1 Å². The molecule has 7 heteroatoms. The van der Waals surface area contributed by atoms with Crippen molar-refractivity contribution >= 4 is 12.6 Å². The molecular weight excluding hydrogens is 319 g/mol. The smallest absolute Gasteiger partial charge is 0.399 e. The Morgan fingerprint density at radius 3 is 2.60 bits per heavy atom. The number of aryl methyl sites for hydroxylation is 1. The quantitative estimate of drug-likeness (QED) is 0.783. The Hall–Kier alpha value is -0.885. The van der Waals surface area contributed by atoms with Crippen LogP contribution in [-0.2, 0) is 31.7 Å². The minimum Gasteiger partial charge on any atom is -0.399 e. The first-order valence-electron chi connectivity index (χ1n) is 9.53. The lowest BCUT2D eigenvalue weighted by atomic mass is 9.77. The maximum Gasteiger partial charge on any atom is 0.498 e. The Morgan fingerprint density at radius 1 is 1.16 bits per heavy atom. The van der Waals surface area contributed by atoms with Crippen molar-refractivity contribution in [3.05, 3.63) is 11.9 Å². The number of aromatic nitrogens is 2. The summed E-state index contributed by atoms with van der Waals surface area (Å²) in [5.41, 5.74) is 1.53. The van der Waals surface area contributed by atoms with E-state index in [1.807, 2.05) is 6.20 Å². The summed E-state index contributed by atoms with van der Waals surface area (Å²) in [5, 5.41) is 4.55. The molecule has 2 fully saturated rings. The van der Waals surface area contributed by atoms with Crippen LogP contribution in [0.2, 0.25) is 0 Å².